The van der Waals surface area contributed by atoms with Gasteiger partial charge in [0.1, 0.15) is 5.82 Å². The molecule has 30 heavy (non-hydrogen) atoms. The molecule has 1 aliphatic rings. The normalized spacial score (nSPS) is 12.7. The fraction of sp³-hybridized carbons (Fsp3) is 0.273. The summed E-state index contributed by atoms with van der Waals surface area (Å²) in [6.07, 6.45) is 0.370. The van der Waals surface area contributed by atoms with Crippen LogP contribution in [0.3, 0.4) is 0 Å². The second-order valence-corrected chi connectivity index (χ2v) is 7.22. The zero-order valence-corrected chi connectivity index (χ0v) is 16.8. The predicted octanol–water partition coefficient (Wildman–Crippen LogP) is 2.61. The van der Waals surface area contributed by atoms with E-state index in [1.54, 1.807) is 24.3 Å². The molecule has 8 heteroatoms. The van der Waals surface area contributed by atoms with Crippen molar-refractivity contribution in [1.29, 1.82) is 0 Å². The summed E-state index contributed by atoms with van der Waals surface area (Å²) in [7, 11) is 1.48. The molecule has 0 fully saturated rings. The number of hydrogen-bond donors (Lipinski definition) is 1. The van der Waals surface area contributed by atoms with Crippen molar-refractivity contribution >= 4 is 29.3 Å². The van der Waals surface area contributed by atoms with E-state index >= 15 is 0 Å². The van der Waals surface area contributed by atoms with E-state index in [0.29, 0.717) is 23.2 Å². The monoisotopic (exact) mass is 411 g/mol. The molecule has 2 aromatic carbocycles. The van der Waals surface area contributed by atoms with Gasteiger partial charge in [-0.05, 0) is 43.7 Å². The summed E-state index contributed by atoms with van der Waals surface area (Å²) in [5, 5.41) is 2.53. The second-order valence-electron chi connectivity index (χ2n) is 7.22. The van der Waals surface area contributed by atoms with E-state index in [1.807, 2.05) is 6.92 Å². The van der Waals surface area contributed by atoms with Crippen LogP contribution in [0.4, 0.5) is 10.1 Å². The molecule has 0 radical (unpaired) electrons. The summed E-state index contributed by atoms with van der Waals surface area (Å²) in [5.74, 6) is -1.93. The summed E-state index contributed by atoms with van der Waals surface area (Å²) in [5.41, 5.74) is 1.97. The molecule has 4 amide bonds. The molecule has 0 aliphatic carbocycles. The highest BCUT2D eigenvalue weighted by Crippen LogP contribution is 2.24. The number of carbonyl (C=O) groups is 4. The number of halogens is 1. The van der Waals surface area contributed by atoms with Gasteiger partial charge in [-0.3, -0.25) is 24.1 Å². The average Bonchev–Trinajstić information content (AvgIpc) is 2.92. The second kappa shape index (κ2) is 8.86. The fourth-order valence-corrected chi connectivity index (χ4v) is 3.26. The molecule has 0 aromatic heterocycles. The Morgan fingerprint density at radius 1 is 1.07 bits per heavy atom. The highest BCUT2D eigenvalue weighted by Gasteiger charge is 2.35. The first kappa shape index (κ1) is 21.2. The number of carbonyl (C=O) groups excluding carboxylic acids is 4. The van der Waals surface area contributed by atoms with Gasteiger partial charge in [0, 0.05) is 25.7 Å². The minimum absolute atomic E-state index is 0.0795. The van der Waals surface area contributed by atoms with Crippen LogP contribution in [0.2, 0.25) is 0 Å². The SMILES string of the molecule is Cc1ccc2c(c1)C(=O)N(CCCC(=O)N(C)CC(=O)Nc1cccc(F)c1)C2=O. The van der Waals surface area contributed by atoms with E-state index in [4.69, 9.17) is 0 Å². The van der Waals surface area contributed by atoms with Crippen LogP contribution >= 0.6 is 0 Å². The number of imide groups is 1. The first-order valence-electron chi connectivity index (χ1n) is 9.52. The molecule has 0 spiro atoms. The highest BCUT2D eigenvalue weighted by molar-refractivity contribution is 6.21. The van der Waals surface area contributed by atoms with Crippen LogP contribution < -0.4 is 5.32 Å². The van der Waals surface area contributed by atoms with Crippen molar-refractivity contribution in [1.82, 2.24) is 9.80 Å². The third-order valence-corrected chi connectivity index (χ3v) is 4.81. The fourth-order valence-electron chi connectivity index (χ4n) is 3.26. The molecule has 0 saturated carbocycles. The zero-order valence-electron chi connectivity index (χ0n) is 16.8. The Hall–Kier alpha value is -3.55. The lowest BCUT2D eigenvalue weighted by Gasteiger charge is -2.18. The van der Waals surface area contributed by atoms with Crippen LogP contribution in [0, 0.1) is 12.7 Å². The molecule has 1 aliphatic heterocycles. The topological polar surface area (TPSA) is 86.8 Å². The van der Waals surface area contributed by atoms with Gasteiger partial charge < -0.3 is 10.2 Å². The number of nitrogens with zero attached hydrogens (tertiary/aromatic N) is 2. The van der Waals surface area contributed by atoms with Gasteiger partial charge in [-0.25, -0.2) is 4.39 Å². The van der Waals surface area contributed by atoms with Crippen molar-refractivity contribution in [2.24, 2.45) is 0 Å². The van der Waals surface area contributed by atoms with Crippen LogP contribution in [-0.2, 0) is 9.59 Å². The number of aryl methyl sites for hydroxylation is 1. The molecule has 0 saturated heterocycles. The Labute approximate surface area is 173 Å². The van der Waals surface area contributed by atoms with Gasteiger partial charge in [0.15, 0.2) is 0 Å². The van der Waals surface area contributed by atoms with Crippen LogP contribution in [0.25, 0.3) is 0 Å². The Kier molecular flexibility index (Phi) is 6.25. The van der Waals surface area contributed by atoms with E-state index in [0.717, 1.165) is 10.5 Å². The maximum atomic E-state index is 13.2. The number of fused-ring (bicyclic) bond motifs is 1. The third kappa shape index (κ3) is 4.71. The lowest BCUT2D eigenvalue weighted by atomic mass is 10.1. The molecule has 7 nitrogen and oxygen atoms in total. The third-order valence-electron chi connectivity index (χ3n) is 4.81. The van der Waals surface area contributed by atoms with Crippen molar-refractivity contribution in [3.63, 3.8) is 0 Å². The van der Waals surface area contributed by atoms with Crippen LogP contribution in [0.1, 0.15) is 39.1 Å². The maximum absolute atomic E-state index is 13.2. The molecule has 2 aromatic rings. The number of benzene rings is 2. The summed E-state index contributed by atoms with van der Waals surface area (Å²) in [6.45, 7) is 1.78. The van der Waals surface area contributed by atoms with Crippen molar-refractivity contribution in [3.8, 4) is 0 Å². The van der Waals surface area contributed by atoms with Crippen molar-refractivity contribution in [2.45, 2.75) is 19.8 Å². The van der Waals surface area contributed by atoms with E-state index in [1.165, 1.54) is 30.1 Å². The average molecular weight is 411 g/mol. The number of hydrogen-bond acceptors (Lipinski definition) is 4. The summed E-state index contributed by atoms with van der Waals surface area (Å²) < 4.78 is 13.2. The molecule has 156 valence electrons. The molecular formula is C22H22FN3O4. The van der Waals surface area contributed by atoms with Gasteiger partial charge in [-0.2, -0.15) is 0 Å². The number of rotatable bonds is 7. The molecule has 1 N–H and O–H groups in total. The van der Waals surface area contributed by atoms with Gasteiger partial charge in [0.25, 0.3) is 11.8 Å². The van der Waals surface area contributed by atoms with Crippen molar-refractivity contribution in [3.05, 3.63) is 65.0 Å². The Bertz CT molecular complexity index is 1020. The number of nitrogens with one attached hydrogen (secondary N) is 1. The van der Waals surface area contributed by atoms with Crippen molar-refractivity contribution < 1.29 is 23.6 Å². The number of anilines is 1. The van der Waals surface area contributed by atoms with Crippen LogP contribution in [-0.4, -0.2) is 53.6 Å². The van der Waals surface area contributed by atoms with E-state index < -0.39 is 11.7 Å². The Morgan fingerprint density at radius 2 is 1.80 bits per heavy atom. The lowest BCUT2D eigenvalue weighted by molar-refractivity contribution is -0.133. The summed E-state index contributed by atoms with van der Waals surface area (Å²) in [6, 6.07) is 10.6. The molecule has 1 heterocycles. The summed E-state index contributed by atoms with van der Waals surface area (Å²) in [4.78, 5) is 51.6. The molecule has 0 unspecified atom stereocenters. The van der Waals surface area contributed by atoms with E-state index in [2.05, 4.69) is 5.32 Å². The lowest BCUT2D eigenvalue weighted by Crippen LogP contribution is -2.36. The van der Waals surface area contributed by atoms with E-state index in [-0.39, 0.29) is 37.2 Å². The van der Waals surface area contributed by atoms with E-state index in [9.17, 15) is 23.6 Å². The maximum Gasteiger partial charge on any atom is 0.261 e. The first-order valence-corrected chi connectivity index (χ1v) is 9.52. The van der Waals surface area contributed by atoms with Gasteiger partial charge in [0.05, 0.1) is 17.7 Å². The predicted molar refractivity (Wildman–Crippen MR) is 108 cm³/mol. The minimum Gasteiger partial charge on any atom is -0.336 e. The van der Waals surface area contributed by atoms with Crippen LogP contribution in [0.15, 0.2) is 42.5 Å². The zero-order chi connectivity index (χ0) is 21.8. The minimum atomic E-state index is -0.472. The number of amides is 4. The van der Waals surface area contributed by atoms with Gasteiger partial charge in [0.2, 0.25) is 11.8 Å². The number of likely N-dealkylation sites (N-methyl/N-ethyl adjacent to an activating group) is 1. The molecule has 3 rings (SSSR count). The highest BCUT2D eigenvalue weighted by atomic mass is 19.1. The molecule has 0 atom stereocenters. The largest absolute Gasteiger partial charge is 0.336 e. The van der Waals surface area contributed by atoms with Gasteiger partial charge in [-0.15, -0.1) is 0 Å². The smallest absolute Gasteiger partial charge is 0.261 e. The van der Waals surface area contributed by atoms with Gasteiger partial charge >= 0.3 is 0 Å². The Balaban J connectivity index is 1.47. The quantitative estimate of drug-likeness (QED) is 0.710. The first-order chi connectivity index (χ1) is 14.3. The molecular weight excluding hydrogens is 389 g/mol. The standard InChI is InChI=1S/C22H22FN3O4/c1-14-8-9-17-18(11-14)22(30)26(21(17)29)10-4-7-20(28)25(2)13-19(27)24-16-6-3-5-15(23)12-16/h3,5-6,8-9,11-12H,4,7,10,13H2,1-2H3,(H,24,27). The van der Waals surface area contributed by atoms with Crippen molar-refractivity contribution in [2.75, 3.05) is 25.5 Å². The molecule has 0 bridgehead atoms. The summed E-state index contributed by atoms with van der Waals surface area (Å²) >= 11 is 0. The van der Waals surface area contributed by atoms with Gasteiger partial charge in [-0.1, -0.05) is 17.7 Å². The Morgan fingerprint density at radius 3 is 2.53 bits per heavy atom. The van der Waals surface area contributed by atoms with Crippen LogP contribution in [0.5, 0.6) is 0 Å².